The number of rotatable bonds is 4. The predicted molar refractivity (Wildman–Crippen MR) is 127 cm³/mol. The molecule has 1 N–H and O–H groups in total. The Hall–Kier alpha value is -3.65. The first kappa shape index (κ1) is 20.3. The first-order valence-electron chi connectivity index (χ1n) is 10.9. The Morgan fingerprint density at radius 3 is 2.59 bits per heavy atom. The van der Waals surface area contributed by atoms with Gasteiger partial charge in [-0.3, -0.25) is 9.97 Å². The van der Waals surface area contributed by atoms with Gasteiger partial charge in [0.15, 0.2) is 0 Å². The van der Waals surface area contributed by atoms with Crippen molar-refractivity contribution >= 4 is 28.4 Å². The molecular formula is C24H26N8. The van der Waals surface area contributed by atoms with Crippen LogP contribution in [-0.2, 0) is 0 Å². The van der Waals surface area contributed by atoms with Crippen molar-refractivity contribution in [1.82, 2.24) is 29.8 Å². The maximum Gasteiger partial charge on any atom is 0.225 e. The molecule has 0 amide bonds. The summed E-state index contributed by atoms with van der Waals surface area (Å²) in [4.78, 5) is 27.2. The Morgan fingerprint density at radius 2 is 1.75 bits per heavy atom. The number of likely N-dealkylation sites (N-methyl/N-ethyl adjacent to an activating group) is 1. The summed E-state index contributed by atoms with van der Waals surface area (Å²) in [6, 6.07) is 8.17. The van der Waals surface area contributed by atoms with Gasteiger partial charge < -0.3 is 15.1 Å². The molecule has 0 atom stereocenters. The summed E-state index contributed by atoms with van der Waals surface area (Å²) in [5.41, 5.74) is 4.73. The van der Waals surface area contributed by atoms with E-state index < -0.39 is 0 Å². The van der Waals surface area contributed by atoms with E-state index in [1.807, 2.05) is 25.4 Å². The highest BCUT2D eigenvalue weighted by Crippen LogP contribution is 2.28. The molecule has 8 nitrogen and oxygen atoms in total. The van der Waals surface area contributed by atoms with E-state index in [9.17, 15) is 0 Å². The molecule has 1 fully saturated rings. The van der Waals surface area contributed by atoms with Crippen LogP contribution in [0.1, 0.15) is 12.1 Å². The molecular weight excluding hydrogens is 400 g/mol. The summed E-state index contributed by atoms with van der Waals surface area (Å²) in [5.74, 6) is 1.51. The minimum Gasteiger partial charge on any atom is -0.339 e. The molecule has 1 aliphatic heterocycles. The molecule has 0 radical (unpaired) electrons. The van der Waals surface area contributed by atoms with Gasteiger partial charge in [0.1, 0.15) is 5.82 Å². The Labute approximate surface area is 187 Å². The number of nitrogens with one attached hydrogen (secondary N) is 1. The number of hydrogen-bond donors (Lipinski definition) is 1. The number of pyridine rings is 1. The molecule has 0 aliphatic carbocycles. The summed E-state index contributed by atoms with van der Waals surface area (Å²) in [7, 11) is 2.16. The van der Waals surface area contributed by atoms with Gasteiger partial charge in [0.25, 0.3) is 0 Å². The van der Waals surface area contributed by atoms with E-state index in [1.165, 1.54) is 0 Å². The van der Waals surface area contributed by atoms with E-state index in [1.54, 1.807) is 18.6 Å². The van der Waals surface area contributed by atoms with Crippen LogP contribution < -0.4 is 10.2 Å². The third-order valence-corrected chi connectivity index (χ3v) is 5.73. The fraction of sp³-hybridized carbons (Fsp3) is 0.292. The number of aromatic nitrogens is 5. The number of hydrogen-bond acceptors (Lipinski definition) is 8. The summed E-state index contributed by atoms with van der Waals surface area (Å²) >= 11 is 0. The van der Waals surface area contributed by atoms with Crippen LogP contribution in [0, 0.1) is 6.92 Å². The standard InChI is InChI=1S/C24H26N8/c1-17-13-25-16-23(29-17)30-21-6-7-26-22-12-18(4-5-20(21)22)19-14-27-24(28-15-19)32-9-3-8-31(2)10-11-32/h4-7,12-16H,3,8-11H2,1-2H3,(H,26,29,30). The first-order valence-corrected chi connectivity index (χ1v) is 10.9. The number of benzene rings is 1. The normalized spacial score (nSPS) is 15.0. The summed E-state index contributed by atoms with van der Waals surface area (Å²) in [5, 5.41) is 4.37. The summed E-state index contributed by atoms with van der Waals surface area (Å²) < 4.78 is 0. The Balaban J connectivity index is 1.39. The zero-order valence-electron chi connectivity index (χ0n) is 18.4. The van der Waals surface area contributed by atoms with Gasteiger partial charge in [-0.2, -0.15) is 0 Å². The largest absolute Gasteiger partial charge is 0.339 e. The van der Waals surface area contributed by atoms with E-state index >= 15 is 0 Å². The SMILES string of the molecule is Cc1cncc(Nc2ccnc3cc(-c4cnc(N5CCCN(C)CC5)nc4)ccc23)n1. The fourth-order valence-electron chi connectivity index (χ4n) is 3.98. The van der Waals surface area contributed by atoms with E-state index in [0.717, 1.165) is 72.0 Å². The molecule has 4 heterocycles. The third kappa shape index (κ3) is 4.36. The van der Waals surface area contributed by atoms with Gasteiger partial charge in [-0.05, 0) is 44.6 Å². The number of aryl methyl sites for hydroxylation is 1. The van der Waals surface area contributed by atoms with Gasteiger partial charge in [-0.25, -0.2) is 15.0 Å². The minimum absolute atomic E-state index is 0.713. The van der Waals surface area contributed by atoms with Gasteiger partial charge in [0, 0.05) is 55.4 Å². The molecule has 0 spiro atoms. The van der Waals surface area contributed by atoms with E-state index in [4.69, 9.17) is 0 Å². The van der Waals surface area contributed by atoms with Crippen molar-refractivity contribution in [2.45, 2.75) is 13.3 Å². The second kappa shape index (κ2) is 8.84. The second-order valence-corrected chi connectivity index (χ2v) is 8.18. The topological polar surface area (TPSA) is 83.0 Å². The van der Waals surface area contributed by atoms with Gasteiger partial charge >= 0.3 is 0 Å². The van der Waals surface area contributed by atoms with Crippen molar-refractivity contribution < 1.29 is 0 Å². The van der Waals surface area contributed by atoms with Crippen molar-refractivity contribution in [3.05, 3.63) is 60.9 Å². The molecule has 4 aromatic rings. The zero-order chi connectivity index (χ0) is 21.9. The molecule has 1 aliphatic rings. The molecule has 1 aromatic carbocycles. The molecule has 8 heteroatoms. The highest BCUT2D eigenvalue weighted by molar-refractivity contribution is 5.94. The van der Waals surface area contributed by atoms with Gasteiger partial charge in [-0.1, -0.05) is 12.1 Å². The van der Waals surface area contributed by atoms with Crippen LogP contribution in [-0.4, -0.2) is 63.0 Å². The number of anilines is 3. The van der Waals surface area contributed by atoms with Crippen LogP contribution in [0.25, 0.3) is 22.0 Å². The van der Waals surface area contributed by atoms with Crippen molar-refractivity contribution in [2.24, 2.45) is 0 Å². The lowest BCUT2D eigenvalue weighted by Crippen LogP contribution is -2.30. The number of nitrogens with zero attached hydrogens (tertiary/aromatic N) is 7. The first-order chi connectivity index (χ1) is 15.7. The molecule has 0 unspecified atom stereocenters. The van der Waals surface area contributed by atoms with Crippen LogP contribution in [0.3, 0.4) is 0 Å². The monoisotopic (exact) mass is 426 g/mol. The molecule has 0 bridgehead atoms. The summed E-state index contributed by atoms with van der Waals surface area (Å²) in [6.07, 6.45) is 10.2. The second-order valence-electron chi connectivity index (χ2n) is 8.18. The highest BCUT2D eigenvalue weighted by atomic mass is 15.3. The van der Waals surface area contributed by atoms with E-state index in [2.05, 4.69) is 65.3 Å². The average Bonchev–Trinajstić information content (AvgIpc) is 3.03. The highest BCUT2D eigenvalue weighted by Gasteiger charge is 2.15. The van der Waals surface area contributed by atoms with Gasteiger partial charge in [0.05, 0.1) is 23.1 Å². The maximum atomic E-state index is 4.66. The molecule has 1 saturated heterocycles. The van der Waals surface area contributed by atoms with Crippen molar-refractivity contribution in [1.29, 1.82) is 0 Å². The van der Waals surface area contributed by atoms with E-state index in [-0.39, 0.29) is 0 Å². The molecule has 0 saturated carbocycles. The van der Waals surface area contributed by atoms with Crippen LogP contribution in [0.15, 0.2) is 55.2 Å². The van der Waals surface area contributed by atoms with Crippen LogP contribution in [0.4, 0.5) is 17.5 Å². The Morgan fingerprint density at radius 1 is 0.875 bits per heavy atom. The minimum atomic E-state index is 0.713. The van der Waals surface area contributed by atoms with Crippen LogP contribution in [0.2, 0.25) is 0 Å². The smallest absolute Gasteiger partial charge is 0.225 e. The third-order valence-electron chi connectivity index (χ3n) is 5.73. The van der Waals surface area contributed by atoms with E-state index in [0.29, 0.717) is 5.82 Å². The zero-order valence-corrected chi connectivity index (χ0v) is 18.4. The van der Waals surface area contributed by atoms with Crippen molar-refractivity contribution in [3.63, 3.8) is 0 Å². The fourth-order valence-corrected chi connectivity index (χ4v) is 3.98. The van der Waals surface area contributed by atoms with Crippen molar-refractivity contribution in [3.8, 4) is 11.1 Å². The molecule has 5 rings (SSSR count). The maximum absolute atomic E-state index is 4.66. The lowest BCUT2D eigenvalue weighted by molar-refractivity contribution is 0.360. The average molecular weight is 427 g/mol. The molecule has 162 valence electrons. The van der Waals surface area contributed by atoms with Crippen molar-refractivity contribution in [2.75, 3.05) is 43.4 Å². The molecule has 3 aromatic heterocycles. The lowest BCUT2D eigenvalue weighted by atomic mass is 10.1. The Bertz CT molecular complexity index is 1220. The van der Waals surface area contributed by atoms with Gasteiger partial charge in [0.2, 0.25) is 5.95 Å². The van der Waals surface area contributed by atoms with Crippen LogP contribution in [0.5, 0.6) is 0 Å². The lowest BCUT2D eigenvalue weighted by Gasteiger charge is -2.20. The van der Waals surface area contributed by atoms with Crippen LogP contribution >= 0.6 is 0 Å². The quantitative estimate of drug-likeness (QED) is 0.529. The number of fused-ring (bicyclic) bond motifs is 1. The Kier molecular flexibility index (Phi) is 5.60. The predicted octanol–water partition coefficient (Wildman–Crippen LogP) is 3.68. The summed E-state index contributed by atoms with van der Waals surface area (Å²) in [6.45, 7) is 6.02. The van der Waals surface area contributed by atoms with Gasteiger partial charge in [-0.15, -0.1) is 0 Å². The molecule has 32 heavy (non-hydrogen) atoms.